The van der Waals surface area contributed by atoms with Crippen LogP contribution < -0.4 is 10.6 Å². The topological polar surface area (TPSA) is 102 Å². The number of hydrogen-bond acceptors (Lipinski definition) is 4. The van der Waals surface area contributed by atoms with Gasteiger partial charge in [-0.2, -0.15) is 5.26 Å². The van der Waals surface area contributed by atoms with E-state index >= 15 is 0 Å². The molecule has 2 aliphatic rings. The van der Waals surface area contributed by atoms with Gasteiger partial charge in [-0.15, -0.1) is 0 Å². The summed E-state index contributed by atoms with van der Waals surface area (Å²) in [6, 6.07) is 8.17. The Morgan fingerprint density at radius 3 is 2.55 bits per heavy atom. The van der Waals surface area contributed by atoms with Crippen LogP contribution in [0.1, 0.15) is 64.1 Å². The van der Waals surface area contributed by atoms with Crippen LogP contribution in [0.2, 0.25) is 0 Å². The summed E-state index contributed by atoms with van der Waals surface area (Å²) in [4.78, 5) is 39.2. The molecule has 7 heteroatoms. The molecule has 1 aromatic rings. The average molecular weight is 396 g/mol. The third kappa shape index (κ3) is 4.26. The predicted octanol–water partition coefficient (Wildman–Crippen LogP) is 2.87. The zero-order chi connectivity index (χ0) is 21.4. The van der Waals surface area contributed by atoms with Crippen molar-refractivity contribution < 1.29 is 14.4 Å². The van der Waals surface area contributed by atoms with E-state index in [4.69, 9.17) is 5.26 Å². The van der Waals surface area contributed by atoms with Gasteiger partial charge in [0.2, 0.25) is 5.91 Å². The fourth-order valence-electron chi connectivity index (χ4n) is 5.01. The quantitative estimate of drug-likeness (QED) is 0.764. The maximum absolute atomic E-state index is 13.1. The van der Waals surface area contributed by atoms with Crippen molar-refractivity contribution in [1.29, 1.82) is 5.26 Å². The van der Waals surface area contributed by atoms with Crippen LogP contribution in [0.25, 0.3) is 0 Å². The number of carbonyl (C=O) groups is 3. The van der Waals surface area contributed by atoms with E-state index in [1.165, 1.54) is 0 Å². The lowest BCUT2D eigenvalue weighted by Crippen LogP contribution is -2.54. The molecule has 1 saturated heterocycles. The summed E-state index contributed by atoms with van der Waals surface area (Å²) in [7, 11) is 0. The first kappa shape index (κ1) is 20.8. The smallest absolute Gasteiger partial charge is 0.325 e. The van der Waals surface area contributed by atoms with Crippen LogP contribution in [0, 0.1) is 22.7 Å². The lowest BCUT2D eigenvalue weighted by atomic mass is 9.64. The molecule has 3 rings (SSSR count). The van der Waals surface area contributed by atoms with Gasteiger partial charge in [-0.25, -0.2) is 4.79 Å². The Labute approximate surface area is 171 Å². The zero-order valence-electron chi connectivity index (χ0n) is 17.4. The molecule has 1 spiro atoms. The first-order valence-corrected chi connectivity index (χ1v) is 9.99. The number of imide groups is 1. The number of urea groups is 1. The Morgan fingerprint density at radius 2 is 1.97 bits per heavy atom. The third-order valence-corrected chi connectivity index (χ3v) is 5.84. The van der Waals surface area contributed by atoms with E-state index < -0.39 is 17.5 Å². The van der Waals surface area contributed by atoms with Crippen LogP contribution in [-0.4, -0.2) is 34.8 Å². The monoisotopic (exact) mass is 396 g/mol. The SMILES string of the molecule is CC1CC(C)(C)CC2(C1)NC(=O)N(CC(=O)NC(C)c1ccc(C#N)cc1)C2=O. The predicted molar refractivity (Wildman–Crippen MR) is 107 cm³/mol. The van der Waals surface area contributed by atoms with E-state index in [9.17, 15) is 14.4 Å². The van der Waals surface area contributed by atoms with E-state index in [1.807, 2.05) is 6.92 Å². The number of rotatable bonds is 4. The molecule has 3 unspecified atom stereocenters. The van der Waals surface area contributed by atoms with Crippen LogP contribution in [0.5, 0.6) is 0 Å². The standard InChI is InChI=1S/C22H28N4O3/c1-14-9-21(3,4)13-22(10-14)19(28)26(20(29)25-22)12-18(27)24-15(2)17-7-5-16(11-23)6-8-17/h5-8,14-15H,9-10,12-13H2,1-4H3,(H,24,27)(H,25,29). The normalized spacial score (nSPS) is 26.7. The van der Waals surface area contributed by atoms with Crippen molar-refractivity contribution in [3.05, 3.63) is 35.4 Å². The number of carbonyl (C=O) groups excluding carboxylic acids is 3. The van der Waals surface area contributed by atoms with Gasteiger partial charge in [-0.05, 0) is 55.2 Å². The molecule has 0 radical (unpaired) electrons. The van der Waals surface area contributed by atoms with Crippen LogP contribution in [0.3, 0.4) is 0 Å². The number of nitrogens with zero attached hydrogens (tertiary/aromatic N) is 2. The molecule has 1 aliphatic carbocycles. The van der Waals surface area contributed by atoms with Gasteiger partial charge in [0, 0.05) is 0 Å². The lowest BCUT2D eigenvalue weighted by Gasteiger charge is -2.43. The zero-order valence-corrected chi connectivity index (χ0v) is 17.4. The van der Waals surface area contributed by atoms with Gasteiger partial charge in [-0.1, -0.05) is 32.9 Å². The first-order chi connectivity index (χ1) is 13.5. The molecule has 4 amide bonds. The summed E-state index contributed by atoms with van der Waals surface area (Å²) >= 11 is 0. The first-order valence-electron chi connectivity index (χ1n) is 9.99. The number of hydrogen-bond donors (Lipinski definition) is 2. The highest BCUT2D eigenvalue weighted by Crippen LogP contribution is 2.46. The molecule has 1 saturated carbocycles. The Balaban J connectivity index is 1.66. The fraction of sp³-hybridized carbons (Fsp3) is 0.545. The van der Waals surface area contributed by atoms with Gasteiger partial charge < -0.3 is 10.6 Å². The minimum Gasteiger partial charge on any atom is -0.348 e. The fourth-order valence-corrected chi connectivity index (χ4v) is 5.01. The minimum absolute atomic E-state index is 0.0526. The third-order valence-electron chi connectivity index (χ3n) is 5.84. The highest BCUT2D eigenvalue weighted by molar-refractivity contribution is 6.09. The second kappa shape index (κ2) is 7.51. The van der Waals surface area contributed by atoms with E-state index in [1.54, 1.807) is 24.3 Å². The highest BCUT2D eigenvalue weighted by Gasteiger charge is 2.56. The minimum atomic E-state index is -0.905. The average Bonchev–Trinajstić information content (AvgIpc) is 2.83. The summed E-state index contributed by atoms with van der Waals surface area (Å²) in [5.41, 5.74) is 0.427. The Bertz CT molecular complexity index is 871. The summed E-state index contributed by atoms with van der Waals surface area (Å²) in [6.45, 7) is 7.83. The van der Waals surface area contributed by atoms with Crippen molar-refractivity contribution in [3.63, 3.8) is 0 Å². The highest BCUT2D eigenvalue weighted by atomic mass is 16.2. The van der Waals surface area contributed by atoms with Gasteiger partial charge in [0.15, 0.2) is 0 Å². The summed E-state index contributed by atoms with van der Waals surface area (Å²) in [5.74, 6) is -0.387. The number of amides is 4. The van der Waals surface area contributed by atoms with Crippen LogP contribution in [0.15, 0.2) is 24.3 Å². The Kier molecular flexibility index (Phi) is 5.40. The van der Waals surface area contributed by atoms with Crippen LogP contribution in [0.4, 0.5) is 4.79 Å². The molecular weight excluding hydrogens is 368 g/mol. The molecular formula is C22H28N4O3. The van der Waals surface area contributed by atoms with Crippen molar-refractivity contribution in [2.24, 2.45) is 11.3 Å². The van der Waals surface area contributed by atoms with Crippen molar-refractivity contribution in [1.82, 2.24) is 15.5 Å². The molecule has 1 aromatic carbocycles. The summed E-state index contributed by atoms with van der Waals surface area (Å²) in [5, 5.41) is 14.6. The van der Waals surface area contributed by atoms with Crippen molar-refractivity contribution >= 4 is 17.8 Å². The number of nitriles is 1. The molecule has 154 valence electrons. The number of nitrogens with one attached hydrogen (secondary N) is 2. The molecule has 3 atom stereocenters. The lowest BCUT2D eigenvalue weighted by molar-refractivity contribution is -0.137. The molecule has 7 nitrogen and oxygen atoms in total. The van der Waals surface area contributed by atoms with Gasteiger partial charge >= 0.3 is 6.03 Å². The van der Waals surface area contributed by atoms with Gasteiger partial charge in [0.1, 0.15) is 12.1 Å². The van der Waals surface area contributed by atoms with Crippen molar-refractivity contribution in [2.45, 2.75) is 58.5 Å². The van der Waals surface area contributed by atoms with E-state index in [0.717, 1.165) is 16.9 Å². The van der Waals surface area contributed by atoms with E-state index in [2.05, 4.69) is 37.5 Å². The van der Waals surface area contributed by atoms with Gasteiger partial charge in [0.05, 0.1) is 17.7 Å². The second-order valence-electron chi connectivity index (χ2n) is 9.28. The molecule has 1 heterocycles. The maximum atomic E-state index is 13.1. The Morgan fingerprint density at radius 1 is 1.31 bits per heavy atom. The maximum Gasteiger partial charge on any atom is 0.325 e. The summed E-state index contributed by atoms with van der Waals surface area (Å²) in [6.07, 6.45) is 2.18. The van der Waals surface area contributed by atoms with Gasteiger partial charge in [-0.3, -0.25) is 14.5 Å². The Hall–Kier alpha value is -2.88. The summed E-state index contributed by atoms with van der Waals surface area (Å²) < 4.78 is 0. The number of benzene rings is 1. The molecule has 1 aliphatic heterocycles. The second-order valence-corrected chi connectivity index (χ2v) is 9.28. The molecule has 2 N–H and O–H groups in total. The van der Waals surface area contributed by atoms with E-state index in [-0.39, 0.29) is 23.9 Å². The largest absolute Gasteiger partial charge is 0.348 e. The van der Waals surface area contributed by atoms with Crippen molar-refractivity contribution in [3.8, 4) is 6.07 Å². The molecule has 0 aromatic heterocycles. The molecule has 0 bridgehead atoms. The molecule has 2 fully saturated rings. The van der Waals surface area contributed by atoms with Crippen LogP contribution in [-0.2, 0) is 9.59 Å². The van der Waals surface area contributed by atoms with Crippen LogP contribution >= 0.6 is 0 Å². The van der Waals surface area contributed by atoms with Crippen molar-refractivity contribution in [2.75, 3.05) is 6.54 Å². The molecule has 29 heavy (non-hydrogen) atoms. The van der Waals surface area contributed by atoms with Gasteiger partial charge in [0.25, 0.3) is 5.91 Å². The van der Waals surface area contributed by atoms with E-state index in [0.29, 0.717) is 24.3 Å².